The number of fused-ring (bicyclic) bond motifs is 1. The van der Waals surface area contributed by atoms with Gasteiger partial charge in [0.1, 0.15) is 18.2 Å². The van der Waals surface area contributed by atoms with Crippen LogP contribution in [-0.2, 0) is 6.42 Å². The lowest BCUT2D eigenvalue weighted by Crippen LogP contribution is -2.34. The number of ether oxygens (including phenoxy) is 1. The number of nitrogens with two attached hydrogens (primary N) is 1. The van der Waals surface area contributed by atoms with Gasteiger partial charge in [-0.2, -0.15) is 0 Å². The molecule has 1 aliphatic heterocycles. The molecule has 12 heavy (non-hydrogen) atoms. The smallest absolute Gasteiger partial charge is 0.130 e. The van der Waals surface area contributed by atoms with E-state index < -0.39 is 0 Å². The Morgan fingerprint density at radius 1 is 1.50 bits per heavy atom. The van der Waals surface area contributed by atoms with E-state index >= 15 is 0 Å². The molecule has 1 aromatic carbocycles. The molecule has 3 heteroatoms. The molecule has 1 unspecified atom stereocenters. The minimum atomic E-state index is -0.220. The highest BCUT2D eigenvalue weighted by Gasteiger charge is 2.19. The first-order valence-electron chi connectivity index (χ1n) is 3.93. The number of benzene rings is 1. The molecule has 1 atom stereocenters. The van der Waals surface area contributed by atoms with E-state index in [-0.39, 0.29) is 11.9 Å². The standard InChI is InChI=1S/C9H10FNO/c10-8-2-1-3-9-7(8)4-6(11)5-12-9/h1-3,6H,4-5,11H2. The minimum Gasteiger partial charge on any atom is -0.492 e. The Morgan fingerprint density at radius 2 is 2.33 bits per heavy atom. The van der Waals surface area contributed by atoms with E-state index in [1.54, 1.807) is 12.1 Å². The highest BCUT2D eigenvalue weighted by atomic mass is 19.1. The topological polar surface area (TPSA) is 35.2 Å². The Hall–Kier alpha value is -1.09. The minimum absolute atomic E-state index is 0.0746. The van der Waals surface area contributed by atoms with Gasteiger partial charge in [-0.15, -0.1) is 0 Å². The van der Waals surface area contributed by atoms with Crippen LogP contribution in [0.15, 0.2) is 18.2 Å². The molecule has 0 fully saturated rings. The maximum absolute atomic E-state index is 13.1. The predicted molar refractivity (Wildman–Crippen MR) is 43.6 cm³/mol. The normalized spacial score (nSPS) is 21.3. The summed E-state index contributed by atoms with van der Waals surface area (Å²) in [6.07, 6.45) is 0.571. The molecular formula is C9H10FNO. The van der Waals surface area contributed by atoms with E-state index in [4.69, 9.17) is 10.5 Å². The molecule has 0 saturated carbocycles. The summed E-state index contributed by atoms with van der Waals surface area (Å²) in [7, 11) is 0. The average molecular weight is 167 g/mol. The van der Waals surface area contributed by atoms with Gasteiger partial charge in [0.2, 0.25) is 0 Å². The van der Waals surface area contributed by atoms with Gasteiger partial charge >= 0.3 is 0 Å². The van der Waals surface area contributed by atoms with Crippen LogP contribution in [0.5, 0.6) is 5.75 Å². The molecule has 0 spiro atoms. The number of rotatable bonds is 0. The Bertz CT molecular complexity index is 301. The summed E-state index contributed by atoms with van der Waals surface area (Å²) >= 11 is 0. The third-order valence-corrected chi connectivity index (χ3v) is 2.00. The summed E-state index contributed by atoms with van der Waals surface area (Å²) < 4.78 is 18.4. The molecule has 2 N–H and O–H groups in total. The first kappa shape index (κ1) is 7.55. The summed E-state index contributed by atoms with van der Waals surface area (Å²) in [4.78, 5) is 0. The van der Waals surface area contributed by atoms with Crippen molar-refractivity contribution < 1.29 is 9.13 Å². The number of hydrogen-bond acceptors (Lipinski definition) is 2. The van der Waals surface area contributed by atoms with Crippen molar-refractivity contribution in [3.63, 3.8) is 0 Å². The molecule has 0 radical (unpaired) electrons. The Kier molecular flexibility index (Phi) is 1.73. The number of hydrogen-bond donors (Lipinski definition) is 1. The zero-order valence-electron chi connectivity index (χ0n) is 6.59. The van der Waals surface area contributed by atoms with Crippen LogP contribution < -0.4 is 10.5 Å². The molecule has 1 aromatic rings. The van der Waals surface area contributed by atoms with E-state index in [2.05, 4.69) is 0 Å². The van der Waals surface area contributed by atoms with Crippen molar-refractivity contribution in [2.45, 2.75) is 12.5 Å². The van der Waals surface area contributed by atoms with Crippen LogP contribution >= 0.6 is 0 Å². The first-order valence-corrected chi connectivity index (χ1v) is 3.93. The van der Waals surface area contributed by atoms with Gasteiger partial charge in [0, 0.05) is 11.6 Å². The van der Waals surface area contributed by atoms with Gasteiger partial charge in [0.05, 0.1) is 0 Å². The fourth-order valence-electron chi connectivity index (χ4n) is 1.39. The molecule has 0 amide bonds. The summed E-state index contributed by atoms with van der Waals surface area (Å²) in [5.41, 5.74) is 6.23. The number of halogens is 1. The molecule has 0 aliphatic carbocycles. The highest BCUT2D eigenvalue weighted by Crippen LogP contribution is 2.25. The van der Waals surface area contributed by atoms with E-state index in [1.807, 2.05) is 0 Å². The van der Waals surface area contributed by atoms with Crippen LogP contribution in [0, 0.1) is 5.82 Å². The molecule has 2 nitrogen and oxygen atoms in total. The zero-order chi connectivity index (χ0) is 8.55. The van der Waals surface area contributed by atoms with Gasteiger partial charge in [0.15, 0.2) is 0 Å². The van der Waals surface area contributed by atoms with Crippen LogP contribution in [0.3, 0.4) is 0 Å². The van der Waals surface area contributed by atoms with Crippen molar-refractivity contribution in [1.29, 1.82) is 0 Å². The van der Waals surface area contributed by atoms with Gasteiger partial charge in [-0.25, -0.2) is 4.39 Å². The maximum atomic E-state index is 13.1. The van der Waals surface area contributed by atoms with Crippen molar-refractivity contribution in [3.8, 4) is 5.75 Å². The monoisotopic (exact) mass is 167 g/mol. The van der Waals surface area contributed by atoms with Crippen molar-refractivity contribution in [1.82, 2.24) is 0 Å². The lowest BCUT2D eigenvalue weighted by atomic mass is 10.0. The lowest BCUT2D eigenvalue weighted by Gasteiger charge is -2.22. The van der Waals surface area contributed by atoms with Crippen molar-refractivity contribution in [3.05, 3.63) is 29.6 Å². The van der Waals surface area contributed by atoms with Gasteiger partial charge in [-0.05, 0) is 18.6 Å². The molecule has 1 heterocycles. The molecule has 2 rings (SSSR count). The predicted octanol–water partition coefficient (Wildman–Crippen LogP) is 1.09. The second-order valence-electron chi connectivity index (χ2n) is 2.99. The summed E-state index contributed by atoms with van der Waals surface area (Å²) in [5.74, 6) is 0.416. The molecule has 64 valence electrons. The summed E-state index contributed by atoms with van der Waals surface area (Å²) in [5, 5.41) is 0. The largest absolute Gasteiger partial charge is 0.492 e. The third kappa shape index (κ3) is 1.16. The van der Waals surface area contributed by atoms with Gasteiger partial charge < -0.3 is 10.5 Å². The van der Waals surface area contributed by atoms with E-state index in [1.165, 1.54) is 6.07 Å². The van der Waals surface area contributed by atoms with E-state index in [9.17, 15) is 4.39 Å². The summed E-state index contributed by atoms with van der Waals surface area (Å²) in [6.45, 7) is 0.483. The fourth-order valence-corrected chi connectivity index (χ4v) is 1.39. The molecular weight excluding hydrogens is 157 g/mol. The van der Waals surface area contributed by atoms with E-state index in [0.717, 1.165) is 0 Å². The Labute approximate surface area is 70.1 Å². The Morgan fingerprint density at radius 3 is 3.17 bits per heavy atom. The first-order chi connectivity index (χ1) is 5.77. The molecule has 0 saturated heterocycles. The van der Waals surface area contributed by atoms with Gasteiger partial charge in [-0.3, -0.25) is 0 Å². The molecule has 0 bridgehead atoms. The quantitative estimate of drug-likeness (QED) is 0.627. The zero-order valence-corrected chi connectivity index (χ0v) is 6.59. The summed E-state index contributed by atoms with van der Waals surface area (Å²) in [6, 6.07) is 4.77. The van der Waals surface area contributed by atoms with E-state index in [0.29, 0.717) is 24.3 Å². The van der Waals surface area contributed by atoms with Crippen LogP contribution in [0.2, 0.25) is 0 Å². The van der Waals surface area contributed by atoms with Crippen molar-refractivity contribution >= 4 is 0 Å². The maximum Gasteiger partial charge on any atom is 0.130 e. The van der Waals surface area contributed by atoms with Crippen LogP contribution in [0.1, 0.15) is 5.56 Å². The van der Waals surface area contributed by atoms with Crippen LogP contribution in [0.4, 0.5) is 4.39 Å². The second-order valence-corrected chi connectivity index (χ2v) is 2.99. The van der Waals surface area contributed by atoms with Crippen molar-refractivity contribution in [2.24, 2.45) is 5.73 Å². The van der Waals surface area contributed by atoms with Crippen LogP contribution in [-0.4, -0.2) is 12.6 Å². The molecule has 0 aromatic heterocycles. The van der Waals surface area contributed by atoms with Gasteiger partial charge in [-0.1, -0.05) is 6.07 Å². The van der Waals surface area contributed by atoms with Gasteiger partial charge in [0.25, 0.3) is 0 Å². The second kappa shape index (κ2) is 2.75. The van der Waals surface area contributed by atoms with Crippen LogP contribution in [0.25, 0.3) is 0 Å². The average Bonchev–Trinajstić information content (AvgIpc) is 2.07. The Balaban J connectivity index is 2.43. The third-order valence-electron chi connectivity index (χ3n) is 2.00. The van der Waals surface area contributed by atoms with Crippen molar-refractivity contribution in [2.75, 3.05) is 6.61 Å². The highest BCUT2D eigenvalue weighted by molar-refractivity contribution is 5.36. The fraction of sp³-hybridized carbons (Fsp3) is 0.333. The molecule has 1 aliphatic rings. The lowest BCUT2D eigenvalue weighted by molar-refractivity contribution is 0.259. The SMILES string of the molecule is NC1COc2cccc(F)c2C1.